The van der Waals surface area contributed by atoms with Gasteiger partial charge in [0.2, 0.25) is 0 Å². The Morgan fingerprint density at radius 1 is 1.00 bits per heavy atom. The SMILES string of the molecule is CC1C(C)C12CC(C(C)C1(C)CC1(C)C)C2. The maximum Gasteiger partial charge on any atom is -0.0235 e. The van der Waals surface area contributed by atoms with Crippen molar-refractivity contribution < 1.29 is 0 Å². The van der Waals surface area contributed by atoms with Gasteiger partial charge < -0.3 is 0 Å². The quantitative estimate of drug-likeness (QED) is 0.630. The number of hydrogen-bond acceptors (Lipinski definition) is 0. The average molecular weight is 220 g/mol. The minimum Gasteiger partial charge on any atom is -0.0617 e. The monoisotopic (exact) mass is 220 g/mol. The van der Waals surface area contributed by atoms with Crippen LogP contribution in [0.5, 0.6) is 0 Å². The van der Waals surface area contributed by atoms with Crippen molar-refractivity contribution in [3.05, 3.63) is 0 Å². The molecule has 0 heteroatoms. The minimum atomic E-state index is 0.621. The lowest BCUT2D eigenvalue weighted by Gasteiger charge is -2.44. The first-order valence-electron chi connectivity index (χ1n) is 7.25. The zero-order valence-electron chi connectivity index (χ0n) is 11.9. The van der Waals surface area contributed by atoms with E-state index in [4.69, 9.17) is 0 Å². The van der Waals surface area contributed by atoms with Gasteiger partial charge in [-0.05, 0) is 59.2 Å². The highest BCUT2D eigenvalue weighted by Crippen LogP contribution is 2.77. The van der Waals surface area contributed by atoms with Gasteiger partial charge in [-0.3, -0.25) is 0 Å². The molecular formula is C16H28. The van der Waals surface area contributed by atoms with Crippen LogP contribution < -0.4 is 0 Å². The Labute approximate surface area is 101 Å². The van der Waals surface area contributed by atoms with Gasteiger partial charge in [-0.2, -0.15) is 0 Å². The Bertz CT molecular complexity index is 311. The molecule has 0 saturated heterocycles. The number of hydrogen-bond donors (Lipinski definition) is 0. The van der Waals surface area contributed by atoms with E-state index in [1.165, 1.54) is 6.42 Å². The van der Waals surface area contributed by atoms with Gasteiger partial charge >= 0.3 is 0 Å². The van der Waals surface area contributed by atoms with Gasteiger partial charge in [0.05, 0.1) is 0 Å². The van der Waals surface area contributed by atoms with E-state index >= 15 is 0 Å². The smallest absolute Gasteiger partial charge is 0.0235 e. The van der Waals surface area contributed by atoms with Crippen LogP contribution in [0.25, 0.3) is 0 Å². The van der Waals surface area contributed by atoms with Gasteiger partial charge in [-0.15, -0.1) is 0 Å². The van der Waals surface area contributed by atoms with E-state index in [1.54, 1.807) is 12.8 Å². The molecule has 0 nitrogen and oxygen atoms in total. The third-order valence-corrected chi connectivity index (χ3v) is 7.68. The largest absolute Gasteiger partial charge is 0.0617 e. The maximum absolute atomic E-state index is 2.53. The Hall–Kier alpha value is 0. The highest BCUT2D eigenvalue weighted by atomic mass is 14.7. The second-order valence-electron chi connectivity index (χ2n) is 8.25. The Morgan fingerprint density at radius 3 is 1.75 bits per heavy atom. The van der Waals surface area contributed by atoms with Gasteiger partial charge in [-0.25, -0.2) is 0 Å². The molecule has 3 aliphatic rings. The van der Waals surface area contributed by atoms with E-state index in [0.29, 0.717) is 10.8 Å². The molecule has 92 valence electrons. The molecule has 0 N–H and O–H groups in total. The molecule has 16 heavy (non-hydrogen) atoms. The highest BCUT2D eigenvalue weighted by molar-refractivity contribution is 5.18. The lowest BCUT2D eigenvalue weighted by molar-refractivity contribution is 0.0475. The van der Waals surface area contributed by atoms with Crippen LogP contribution in [0, 0.1) is 39.9 Å². The fraction of sp³-hybridized carbons (Fsp3) is 1.00. The summed E-state index contributed by atoms with van der Waals surface area (Å²) in [7, 11) is 0. The van der Waals surface area contributed by atoms with E-state index in [0.717, 1.165) is 29.1 Å². The maximum atomic E-state index is 2.53. The molecule has 0 bridgehead atoms. The number of rotatable bonds is 2. The van der Waals surface area contributed by atoms with Crippen LogP contribution in [0.4, 0.5) is 0 Å². The van der Waals surface area contributed by atoms with Gasteiger partial charge in [0, 0.05) is 0 Å². The van der Waals surface area contributed by atoms with Crippen molar-refractivity contribution in [3.63, 3.8) is 0 Å². The zero-order chi connectivity index (χ0) is 11.9. The summed E-state index contributed by atoms with van der Waals surface area (Å²) >= 11 is 0. The average Bonchev–Trinajstić information content (AvgIpc) is 2.84. The molecule has 0 amide bonds. The van der Waals surface area contributed by atoms with Crippen LogP contribution in [-0.4, -0.2) is 0 Å². The van der Waals surface area contributed by atoms with Gasteiger partial charge in [-0.1, -0.05) is 41.5 Å². The molecule has 3 saturated carbocycles. The third-order valence-electron chi connectivity index (χ3n) is 7.68. The van der Waals surface area contributed by atoms with E-state index in [9.17, 15) is 0 Å². The Morgan fingerprint density at radius 2 is 1.44 bits per heavy atom. The van der Waals surface area contributed by atoms with Crippen molar-refractivity contribution >= 4 is 0 Å². The molecule has 4 unspecified atom stereocenters. The van der Waals surface area contributed by atoms with E-state index in [1.807, 2.05) is 0 Å². The van der Waals surface area contributed by atoms with Crippen molar-refractivity contribution in [2.24, 2.45) is 39.9 Å². The normalized spacial score (nSPS) is 59.2. The first kappa shape index (κ1) is 11.1. The second kappa shape index (κ2) is 2.70. The fourth-order valence-corrected chi connectivity index (χ4v) is 5.13. The van der Waals surface area contributed by atoms with Gasteiger partial charge in [0.15, 0.2) is 0 Å². The molecule has 0 heterocycles. The van der Waals surface area contributed by atoms with Crippen LogP contribution >= 0.6 is 0 Å². The summed E-state index contributed by atoms with van der Waals surface area (Å²) in [6, 6.07) is 0. The topological polar surface area (TPSA) is 0 Å². The molecule has 4 atom stereocenters. The summed E-state index contributed by atoms with van der Waals surface area (Å²) in [5, 5.41) is 0. The molecule has 1 spiro atoms. The molecule has 0 aromatic heterocycles. The summed E-state index contributed by atoms with van der Waals surface area (Å²) in [4.78, 5) is 0. The van der Waals surface area contributed by atoms with Crippen LogP contribution in [0.15, 0.2) is 0 Å². The second-order valence-corrected chi connectivity index (χ2v) is 8.25. The molecule has 0 aromatic rings. The van der Waals surface area contributed by atoms with Crippen LogP contribution in [0.1, 0.15) is 60.8 Å². The van der Waals surface area contributed by atoms with E-state index in [-0.39, 0.29) is 0 Å². The Balaban J connectivity index is 1.62. The van der Waals surface area contributed by atoms with Crippen molar-refractivity contribution in [2.75, 3.05) is 0 Å². The summed E-state index contributed by atoms with van der Waals surface area (Å²) < 4.78 is 0. The minimum absolute atomic E-state index is 0.621. The highest BCUT2D eigenvalue weighted by Gasteiger charge is 2.69. The van der Waals surface area contributed by atoms with E-state index < -0.39 is 0 Å². The van der Waals surface area contributed by atoms with Crippen LogP contribution in [-0.2, 0) is 0 Å². The predicted molar refractivity (Wildman–Crippen MR) is 69.2 cm³/mol. The van der Waals surface area contributed by atoms with Crippen molar-refractivity contribution in [1.82, 2.24) is 0 Å². The van der Waals surface area contributed by atoms with Crippen LogP contribution in [0.2, 0.25) is 0 Å². The van der Waals surface area contributed by atoms with Gasteiger partial charge in [0.25, 0.3) is 0 Å². The Kier molecular flexibility index (Phi) is 1.87. The lowest BCUT2D eigenvalue weighted by atomic mass is 9.60. The lowest BCUT2D eigenvalue weighted by Crippen LogP contribution is -2.36. The van der Waals surface area contributed by atoms with Crippen molar-refractivity contribution in [2.45, 2.75) is 60.8 Å². The van der Waals surface area contributed by atoms with Crippen molar-refractivity contribution in [1.29, 1.82) is 0 Å². The molecule has 3 fully saturated rings. The molecule has 3 rings (SSSR count). The third kappa shape index (κ3) is 1.07. The zero-order valence-corrected chi connectivity index (χ0v) is 11.9. The van der Waals surface area contributed by atoms with Crippen LogP contribution in [0.3, 0.4) is 0 Å². The van der Waals surface area contributed by atoms with Crippen molar-refractivity contribution in [3.8, 4) is 0 Å². The molecule has 0 aromatic carbocycles. The molecular weight excluding hydrogens is 192 g/mol. The standard InChI is InChI=1S/C16H28/c1-10-11(2)16(10)7-13(8-16)12(3)15(6)9-14(15,4)5/h10-13H,7-9H2,1-6H3. The van der Waals surface area contributed by atoms with Gasteiger partial charge in [0.1, 0.15) is 0 Å². The summed E-state index contributed by atoms with van der Waals surface area (Å²) in [6.07, 6.45) is 4.54. The first-order valence-corrected chi connectivity index (χ1v) is 7.25. The molecule has 3 aliphatic carbocycles. The molecule has 0 aliphatic heterocycles. The summed E-state index contributed by atoms with van der Waals surface area (Å²) in [5.41, 5.74) is 2.09. The molecule has 0 radical (unpaired) electrons. The fourth-order valence-electron chi connectivity index (χ4n) is 5.13. The first-order chi connectivity index (χ1) is 7.25. The predicted octanol–water partition coefficient (Wildman–Crippen LogP) is 4.74. The van der Waals surface area contributed by atoms with E-state index in [2.05, 4.69) is 41.5 Å². The summed E-state index contributed by atoms with van der Waals surface area (Å²) in [5.74, 6) is 4.04. The summed E-state index contributed by atoms with van der Waals surface area (Å²) in [6.45, 7) is 14.9.